The molecule has 4 heteroatoms. The van der Waals surface area contributed by atoms with Crippen molar-refractivity contribution in [2.24, 2.45) is 0 Å². The molecule has 4 rings (SSSR count). The molecule has 1 unspecified atom stereocenters. The van der Waals surface area contributed by atoms with Crippen LogP contribution in [-0.4, -0.2) is 5.78 Å². The predicted molar refractivity (Wildman–Crippen MR) is 107 cm³/mol. The Hall–Kier alpha value is -3.32. The summed E-state index contributed by atoms with van der Waals surface area (Å²) < 4.78 is 6.13. The second kappa shape index (κ2) is 7.74. The van der Waals surface area contributed by atoms with Gasteiger partial charge < -0.3 is 10.1 Å². The van der Waals surface area contributed by atoms with Gasteiger partial charge in [0.05, 0.1) is 17.6 Å². The zero-order valence-corrected chi connectivity index (χ0v) is 15.9. The van der Waals surface area contributed by atoms with Crippen LogP contribution in [0.5, 0.6) is 5.75 Å². The number of hydrogen-bond donors (Lipinski definition) is 1. The average Bonchev–Trinajstić information content (AvgIpc) is 2.72. The first-order valence-electron chi connectivity index (χ1n) is 9.59. The van der Waals surface area contributed by atoms with E-state index < -0.39 is 0 Å². The van der Waals surface area contributed by atoms with Gasteiger partial charge in [0.15, 0.2) is 5.78 Å². The summed E-state index contributed by atoms with van der Waals surface area (Å²) in [6, 6.07) is 20.0. The molecule has 0 saturated heterocycles. The fraction of sp³-hybridized carbons (Fsp3) is 0.250. The highest BCUT2D eigenvalue weighted by Gasteiger charge is 2.37. The zero-order chi connectivity index (χ0) is 19.5. The largest absolute Gasteiger partial charge is 0.489 e. The Bertz CT molecular complexity index is 1010. The Balaban J connectivity index is 1.76. The van der Waals surface area contributed by atoms with Crippen LogP contribution < -0.4 is 10.1 Å². The number of nitrogens with one attached hydrogen (secondary N) is 1. The summed E-state index contributed by atoms with van der Waals surface area (Å²) in [6.45, 7) is 2.34. The van der Waals surface area contributed by atoms with E-state index in [1.165, 1.54) is 0 Å². The van der Waals surface area contributed by atoms with E-state index in [4.69, 9.17) is 4.74 Å². The van der Waals surface area contributed by atoms with E-state index >= 15 is 0 Å². The molecule has 0 aromatic heterocycles. The molecule has 1 atom stereocenters. The third-order valence-electron chi connectivity index (χ3n) is 5.36. The van der Waals surface area contributed by atoms with Gasteiger partial charge in [-0.2, -0.15) is 5.26 Å². The fourth-order valence-electron chi connectivity index (χ4n) is 4.03. The van der Waals surface area contributed by atoms with Crippen molar-refractivity contribution in [1.29, 1.82) is 5.26 Å². The van der Waals surface area contributed by atoms with E-state index in [1.54, 1.807) is 0 Å². The number of carbonyl (C=O) groups excluding carboxylic acids is 1. The van der Waals surface area contributed by atoms with Crippen LogP contribution in [0.1, 0.15) is 43.2 Å². The lowest BCUT2D eigenvalue weighted by atomic mass is 9.75. The second-order valence-electron chi connectivity index (χ2n) is 7.19. The Kier molecular flexibility index (Phi) is 4.99. The number of dihydropyridines is 1. The lowest BCUT2D eigenvalue weighted by Crippen LogP contribution is -2.31. The summed E-state index contributed by atoms with van der Waals surface area (Å²) in [5.41, 5.74) is 5.03. The van der Waals surface area contributed by atoms with Crippen molar-refractivity contribution in [3.63, 3.8) is 0 Å². The Labute approximate surface area is 165 Å². The van der Waals surface area contributed by atoms with E-state index in [0.29, 0.717) is 24.4 Å². The number of carbonyl (C=O) groups is 1. The van der Waals surface area contributed by atoms with Crippen LogP contribution in [-0.2, 0) is 11.4 Å². The first-order valence-corrected chi connectivity index (χ1v) is 9.59. The van der Waals surface area contributed by atoms with Gasteiger partial charge in [0.1, 0.15) is 12.4 Å². The SMILES string of the molecule is CC1=C(C#N)C(c2ccccc2OCc2ccccc2)C2=C(CCCC2=O)N1. The molecule has 0 spiro atoms. The Morgan fingerprint density at radius 1 is 1.11 bits per heavy atom. The van der Waals surface area contributed by atoms with Crippen LogP contribution >= 0.6 is 0 Å². The maximum atomic E-state index is 12.8. The van der Waals surface area contributed by atoms with Gasteiger partial charge in [-0.3, -0.25) is 4.79 Å². The Morgan fingerprint density at radius 2 is 1.86 bits per heavy atom. The number of nitrogens with zero attached hydrogens (tertiary/aromatic N) is 1. The normalized spacial score (nSPS) is 19.0. The van der Waals surface area contributed by atoms with Crippen LogP contribution in [0.25, 0.3) is 0 Å². The molecule has 0 radical (unpaired) electrons. The van der Waals surface area contributed by atoms with Crippen LogP contribution in [0.2, 0.25) is 0 Å². The van der Waals surface area contributed by atoms with Crippen LogP contribution in [0.15, 0.2) is 77.1 Å². The van der Waals surface area contributed by atoms with E-state index in [2.05, 4.69) is 11.4 Å². The third-order valence-corrected chi connectivity index (χ3v) is 5.36. The standard InChI is InChI=1S/C24H22N2O2/c1-16-19(14-25)23(24-20(26-16)11-7-12-21(24)27)18-10-5-6-13-22(18)28-15-17-8-3-2-4-9-17/h2-6,8-10,13,23,26H,7,11-12,15H2,1H3. The highest BCUT2D eigenvalue weighted by molar-refractivity contribution is 6.00. The molecule has 0 bridgehead atoms. The van der Waals surface area contributed by atoms with Crippen LogP contribution in [0, 0.1) is 11.3 Å². The molecular weight excluding hydrogens is 348 g/mol. The molecular formula is C24H22N2O2. The number of rotatable bonds is 4. The maximum Gasteiger partial charge on any atom is 0.161 e. The van der Waals surface area contributed by atoms with Crippen molar-refractivity contribution >= 4 is 5.78 Å². The highest BCUT2D eigenvalue weighted by atomic mass is 16.5. The summed E-state index contributed by atoms with van der Waals surface area (Å²) in [4.78, 5) is 12.8. The number of ether oxygens (including phenoxy) is 1. The molecule has 1 aliphatic heterocycles. The molecule has 1 N–H and O–H groups in total. The van der Waals surface area contributed by atoms with Gasteiger partial charge in [0, 0.05) is 29.0 Å². The number of Topliss-reactive ketones (excluding diaryl/α,β-unsaturated/α-hetero) is 1. The summed E-state index contributed by atoms with van der Waals surface area (Å²) >= 11 is 0. The number of ketones is 1. The monoisotopic (exact) mass is 370 g/mol. The third kappa shape index (κ3) is 3.32. The molecule has 1 aliphatic carbocycles. The number of hydrogen-bond acceptors (Lipinski definition) is 4. The average molecular weight is 370 g/mol. The number of allylic oxidation sites excluding steroid dienone is 4. The minimum absolute atomic E-state index is 0.122. The number of benzene rings is 2. The molecule has 0 amide bonds. The van der Waals surface area contributed by atoms with E-state index in [1.807, 2.05) is 61.5 Å². The van der Waals surface area contributed by atoms with Crippen molar-refractivity contribution in [2.75, 3.05) is 0 Å². The molecule has 2 aliphatic rings. The Morgan fingerprint density at radius 3 is 2.64 bits per heavy atom. The van der Waals surface area contributed by atoms with Gasteiger partial charge in [-0.25, -0.2) is 0 Å². The maximum absolute atomic E-state index is 12.8. The van der Waals surface area contributed by atoms with Gasteiger partial charge >= 0.3 is 0 Å². The topological polar surface area (TPSA) is 62.1 Å². The van der Waals surface area contributed by atoms with Crippen LogP contribution in [0.4, 0.5) is 0 Å². The molecule has 140 valence electrons. The van der Waals surface area contributed by atoms with E-state index in [-0.39, 0.29) is 11.7 Å². The zero-order valence-electron chi connectivity index (χ0n) is 15.9. The minimum atomic E-state index is -0.374. The van der Waals surface area contributed by atoms with Gasteiger partial charge in [0.25, 0.3) is 0 Å². The highest BCUT2D eigenvalue weighted by Crippen LogP contribution is 2.44. The van der Waals surface area contributed by atoms with E-state index in [0.717, 1.165) is 40.9 Å². The molecule has 1 heterocycles. The molecule has 2 aromatic carbocycles. The first-order chi connectivity index (χ1) is 13.7. The van der Waals surface area contributed by atoms with Crippen molar-refractivity contribution in [3.05, 3.63) is 88.3 Å². The molecule has 0 saturated carbocycles. The van der Waals surface area contributed by atoms with Crippen molar-refractivity contribution < 1.29 is 9.53 Å². The molecule has 4 nitrogen and oxygen atoms in total. The molecule has 28 heavy (non-hydrogen) atoms. The van der Waals surface area contributed by atoms with Gasteiger partial charge in [0.2, 0.25) is 0 Å². The van der Waals surface area contributed by atoms with Gasteiger partial charge in [-0.1, -0.05) is 48.5 Å². The number of para-hydroxylation sites is 1. The predicted octanol–water partition coefficient (Wildman–Crippen LogP) is 4.76. The van der Waals surface area contributed by atoms with Crippen molar-refractivity contribution in [1.82, 2.24) is 5.32 Å². The first kappa shape index (κ1) is 18.1. The molecule has 0 fully saturated rings. The van der Waals surface area contributed by atoms with E-state index in [9.17, 15) is 10.1 Å². The van der Waals surface area contributed by atoms with Gasteiger partial charge in [-0.15, -0.1) is 0 Å². The number of nitriles is 1. The lowest BCUT2D eigenvalue weighted by molar-refractivity contribution is -0.116. The summed E-state index contributed by atoms with van der Waals surface area (Å²) in [5, 5.41) is 13.1. The summed E-state index contributed by atoms with van der Waals surface area (Å²) in [6.07, 6.45) is 2.21. The van der Waals surface area contributed by atoms with Gasteiger partial charge in [-0.05, 0) is 31.4 Å². The quantitative estimate of drug-likeness (QED) is 0.843. The van der Waals surface area contributed by atoms with Crippen molar-refractivity contribution in [2.45, 2.75) is 38.7 Å². The van der Waals surface area contributed by atoms with Crippen LogP contribution in [0.3, 0.4) is 0 Å². The fourth-order valence-corrected chi connectivity index (χ4v) is 4.03. The lowest BCUT2D eigenvalue weighted by Gasteiger charge is -2.33. The minimum Gasteiger partial charge on any atom is -0.489 e. The second-order valence-corrected chi connectivity index (χ2v) is 7.19. The summed E-state index contributed by atoms with van der Waals surface area (Å²) in [5.74, 6) is 0.460. The van der Waals surface area contributed by atoms with Crippen molar-refractivity contribution in [3.8, 4) is 11.8 Å². The smallest absolute Gasteiger partial charge is 0.161 e. The molecule has 2 aromatic rings. The summed E-state index contributed by atoms with van der Waals surface area (Å²) in [7, 11) is 0.